The monoisotopic (exact) mass is 192 g/mol. The molecule has 0 radical (unpaired) electrons. The van der Waals surface area contributed by atoms with Crippen LogP contribution in [0.4, 0.5) is 0 Å². The smallest absolute Gasteiger partial charge is 0.330 e. The molecule has 2 unspecified atom stereocenters. The van der Waals surface area contributed by atoms with Crippen molar-refractivity contribution in [3.05, 3.63) is 11.6 Å². The number of ether oxygens (including phenoxy) is 1. The summed E-state index contributed by atoms with van der Waals surface area (Å²) in [6.45, 7) is 2.35. The maximum Gasteiger partial charge on any atom is 0.330 e. The lowest BCUT2D eigenvalue weighted by Crippen LogP contribution is -2.37. The average Bonchev–Trinajstić information content (AvgIpc) is 2.70. The largest absolute Gasteiger partial charge is 0.463 e. The Morgan fingerprint density at radius 1 is 1.43 bits per heavy atom. The van der Waals surface area contributed by atoms with Gasteiger partial charge in [-0.25, -0.2) is 4.79 Å². The van der Waals surface area contributed by atoms with Gasteiger partial charge in [-0.05, 0) is 49.9 Å². The molecule has 2 heteroatoms. The molecule has 0 aromatic rings. The van der Waals surface area contributed by atoms with Crippen LogP contribution in [-0.4, -0.2) is 12.6 Å². The number of carbonyl (C=O) groups excluding carboxylic acids is 1. The van der Waals surface area contributed by atoms with Crippen molar-refractivity contribution in [2.45, 2.75) is 26.2 Å². The molecule has 0 aromatic heterocycles. The van der Waals surface area contributed by atoms with Crippen molar-refractivity contribution in [3.63, 3.8) is 0 Å². The third kappa shape index (κ3) is 0.999. The summed E-state index contributed by atoms with van der Waals surface area (Å²) < 4.78 is 4.95. The van der Waals surface area contributed by atoms with Crippen LogP contribution >= 0.6 is 0 Å². The zero-order valence-electron chi connectivity index (χ0n) is 8.53. The predicted octanol–water partition coefficient (Wildman–Crippen LogP) is 2.15. The van der Waals surface area contributed by atoms with E-state index in [-0.39, 0.29) is 5.97 Å². The normalized spacial score (nSPS) is 45.4. The summed E-state index contributed by atoms with van der Waals surface area (Å²) in [5.41, 5.74) is 1.40. The van der Waals surface area contributed by atoms with E-state index in [9.17, 15) is 4.79 Å². The van der Waals surface area contributed by atoms with Gasteiger partial charge in [-0.3, -0.25) is 0 Å². The number of fused-ring (bicyclic) bond motifs is 1. The lowest BCUT2D eigenvalue weighted by molar-refractivity contribution is -0.137. The van der Waals surface area contributed by atoms with Crippen molar-refractivity contribution in [2.24, 2.45) is 23.7 Å². The molecule has 0 aromatic carbocycles. The van der Waals surface area contributed by atoms with Gasteiger partial charge >= 0.3 is 5.97 Å². The first-order chi connectivity index (χ1) is 6.79. The van der Waals surface area contributed by atoms with Crippen molar-refractivity contribution in [1.29, 1.82) is 0 Å². The Balaban J connectivity index is 1.73. The van der Waals surface area contributed by atoms with Gasteiger partial charge in [0.25, 0.3) is 0 Å². The second kappa shape index (κ2) is 2.85. The van der Waals surface area contributed by atoms with E-state index in [2.05, 4.69) is 0 Å². The number of hydrogen-bond donors (Lipinski definition) is 0. The minimum Gasteiger partial charge on any atom is -0.463 e. The molecular weight excluding hydrogens is 176 g/mol. The summed E-state index contributed by atoms with van der Waals surface area (Å²) in [7, 11) is 0. The van der Waals surface area contributed by atoms with Crippen LogP contribution in [0.2, 0.25) is 0 Å². The van der Waals surface area contributed by atoms with Crippen molar-refractivity contribution < 1.29 is 9.53 Å². The molecule has 14 heavy (non-hydrogen) atoms. The van der Waals surface area contributed by atoms with Crippen LogP contribution in [0.25, 0.3) is 0 Å². The number of carbonyl (C=O) groups is 1. The van der Waals surface area contributed by atoms with Gasteiger partial charge in [-0.2, -0.15) is 0 Å². The van der Waals surface area contributed by atoms with Gasteiger partial charge in [0.05, 0.1) is 6.61 Å². The van der Waals surface area contributed by atoms with Gasteiger partial charge < -0.3 is 4.74 Å². The molecule has 0 aliphatic heterocycles. The van der Waals surface area contributed by atoms with E-state index in [4.69, 9.17) is 4.74 Å². The first-order valence-electron chi connectivity index (χ1n) is 5.67. The summed E-state index contributed by atoms with van der Waals surface area (Å²) in [5.74, 6) is 3.29. The van der Waals surface area contributed by atoms with Gasteiger partial charge in [-0.1, -0.05) is 5.57 Å². The van der Waals surface area contributed by atoms with E-state index in [0.29, 0.717) is 6.61 Å². The average molecular weight is 192 g/mol. The molecule has 2 nitrogen and oxygen atoms in total. The maximum atomic E-state index is 11.3. The van der Waals surface area contributed by atoms with Gasteiger partial charge in [-0.15, -0.1) is 0 Å². The Bertz CT molecular complexity index is 289. The quantitative estimate of drug-likeness (QED) is 0.495. The lowest BCUT2D eigenvalue weighted by Gasteiger charge is -2.45. The number of esters is 1. The molecule has 3 aliphatic rings. The van der Waals surface area contributed by atoms with E-state index in [1.807, 2.05) is 6.92 Å². The highest BCUT2D eigenvalue weighted by Crippen LogP contribution is 2.66. The minimum absolute atomic E-state index is 0.128. The van der Waals surface area contributed by atoms with Crippen LogP contribution in [-0.2, 0) is 9.53 Å². The summed E-state index contributed by atoms with van der Waals surface area (Å²) in [6, 6.07) is 0. The second-order valence-electron chi connectivity index (χ2n) is 4.85. The molecule has 3 rings (SSSR count). The fourth-order valence-electron chi connectivity index (χ4n) is 3.81. The third-order valence-electron chi connectivity index (χ3n) is 4.24. The van der Waals surface area contributed by atoms with Crippen LogP contribution < -0.4 is 0 Å². The van der Waals surface area contributed by atoms with Gasteiger partial charge in [0.2, 0.25) is 0 Å². The number of rotatable bonds is 2. The van der Waals surface area contributed by atoms with Gasteiger partial charge in [0.15, 0.2) is 0 Å². The fourth-order valence-corrected chi connectivity index (χ4v) is 3.81. The summed E-state index contributed by atoms with van der Waals surface area (Å²) in [4.78, 5) is 11.3. The molecular formula is C12H16O2. The molecule has 0 heterocycles. The van der Waals surface area contributed by atoms with E-state index < -0.39 is 0 Å². The van der Waals surface area contributed by atoms with Crippen molar-refractivity contribution in [1.82, 2.24) is 0 Å². The Hall–Kier alpha value is -0.790. The van der Waals surface area contributed by atoms with Crippen molar-refractivity contribution >= 4 is 5.97 Å². The highest BCUT2D eigenvalue weighted by Gasteiger charge is 2.57. The maximum absolute atomic E-state index is 11.3. The summed E-state index contributed by atoms with van der Waals surface area (Å²) in [5, 5.41) is 0. The Labute approximate surface area is 84.3 Å². The molecule has 3 fully saturated rings. The first kappa shape index (κ1) is 8.51. The summed E-state index contributed by atoms with van der Waals surface area (Å²) in [6.07, 6.45) is 5.88. The summed E-state index contributed by atoms with van der Waals surface area (Å²) >= 11 is 0. The lowest BCUT2D eigenvalue weighted by atomic mass is 9.60. The number of hydrogen-bond acceptors (Lipinski definition) is 2. The predicted molar refractivity (Wildman–Crippen MR) is 52.5 cm³/mol. The van der Waals surface area contributed by atoms with Gasteiger partial charge in [0, 0.05) is 6.08 Å². The van der Waals surface area contributed by atoms with Crippen molar-refractivity contribution in [3.8, 4) is 0 Å². The molecule has 2 bridgehead atoms. The molecule has 4 atom stereocenters. The first-order valence-corrected chi connectivity index (χ1v) is 5.67. The Morgan fingerprint density at radius 3 is 2.64 bits per heavy atom. The fraction of sp³-hybridized carbons (Fsp3) is 0.750. The molecule has 0 amide bonds. The molecule has 0 saturated heterocycles. The highest BCUT2D eigenvalue weighted by atomic mass is 16.5. The van der Waals surface area contributed by atoms with E-state index >= 15 is 0 Å². The topological polar surface area (TPSA) is 26.3 Å². The third-order valence-corrected chi connectivity index (χ3v) is 4.24. The standard InChI is InChI=1S/C12H16O2/c1-2-14-12(13)6-11-9-4-7-3-8(9)10(11)5-7/h6-10H,2-5H2,1H3/t7?,8?,9-,10+. The van der Waals surface area contributed by atoms with Crippen LogP contribution in [0.3, 0.4) is 0 Å². The van der Waals surface area contributed by atoms with Crippen LogP contribution in [0.5, 0.6) is 0 Å². The zero-order chi connectivity index (χ0) is 9.71. The minimum atomic E-state index is -0.128. The molecule has 0 N–H and O–H groups in total. The molecule has 0 spiro atoms. The van der Waals surface area contributed by atoms with Crippen LogP contribution in [0.1, 0.15) is 26.2 Å². The van der Waals surface area contributed by atoms with Crippen LogP contribution in [0, 0.1) is 23.7 Å². The van der Waals surface area contributed by atoms with Crippen molar-refractivity contribution in [2.75, 3.05) is 6.61 Å². The molecule has 76 valence electrons. The molecule has 3 saturated carbocycles. The Kier molecular flexibility index (Phi) is 1.73. The van der Waals surface area contributed by atoms with E-state index in [1.54, 1.807) is 6.08 Å². The van der Waals surface area contributed by atoms with E-state index in [1.165, 1.54) is 24.8 Å². The second-order valence-corrected chi connectivity index (χ2v) is 4.85. The van der Waals surface area contributed by atoms with Crippen LogP contribution in [0.15, 0.2) is 11.6 Å². The highest BCUT2D eigenvalue weighted by molar-refractivity contribution is 5.83. The van der Waals surface area contributed by atoms with Gasteiger partial charge in [0.1, 0.15) is 0 Å². The SMILES string of the molecule is CCOC(=O)C=C1[C@H]2CC3CC2[C@H]1C3. The molecule has 3 aliphatic carbocycles. The zero-order valence-corrected chi connectivity index (χ0v) is 8.53. The number of allylic oxidation sites excluding steroid dienone is 1. The Morgan fingerprint density at radius 2 is 2.14 bits per heavy atom. The van der Waals surface area contributed by atoms with E-state index in [0.717, 1.165) is 23.7 Å².